The normalized spacial score (nSPS) is 24.3. The van der Waals surface area contributed by atoms with Gasteiger partial charge in [-0.25, -0.2) is 4.98 Å². The number of nitrogens with zero attached hydrogens (tertiary/aromatic N) is 5. The van der Waals surface area contributed by atoms with Crippen LogP contribution in [0.3, 0.4) is 0 Å². The molecule has 2 aliphatic carbocycles. The minimum Gasteiger partial charge on any atom is -0.393 e. The maximum atomic E-state index is 14.0. The lowest BCUT2D eigenvalue weighted by atomic mass is 9.92. The summed E-state index contributed by atoms with van der Waals surface area (Å²) in [6.07, 6.45) is 7.15. The number of aromatic nitrogens is 3. The largest absolute Gasteiger partial charge is 0.393 e. The third-order valence-electron chi connectivity index (χ3n) is 8.10. The summed E-state index contributed by atoms with van der Waals surface area (Å²) in [7, 11) is 2.17. The molecule has 3 heterocycles. The van der Waals surface area contributed by atoms with E-state index >= 15 is 0 Å². The summed E-state index contributed by atoms with van der Waals surface area (Å²) in [6.45, 7) is 5.99. The lowest BCUT2D eigenvalue weighted by Gasteiger charge is -2.32. The van der Waals surface area contributed by atoms with Crippen molar-refractivity contribution in [3.8, 4) is 0 Å². The average molecular weight is 477 g/mol. The summed E-state index contributed by atoms with van der Waals surface area (Å²) in [5, 5.41) is 16.0. The fraction of sp³-hybridized carbons (Fsp3) is 0.593. The van der Waals surface area contributed by atoms with Gasteiger partial charge in [0.2, 0.25) is 5.95 Å². The van der Waals surface area contributed by atoms with Crippen molar-refractivity contribution in [3.05, 3.63) is 40.3 Å². The summed E-state index contributed by atoms with van der Waals surface area (Å²) in [5.41, 5.74) is 1.91. The van der Waals surface area contributed by atoms with E-state index in [1.165, 1.54) is 18.4 Å². The van der Waals surface area contributed by atoms with Crippen LogP contribution in [0.5, 0.6) is 0 Å². The van der Waals surface area contributed by atoms with Gasteiger partial charge in [0.05, 0.1) is 6.10 Å². The van der Waals surface area contributed by atoms with Crippen LogP contribution in [0.1, 0.15) is 50.1 Å². The van der Waals surface area contributed by atoms with Gasteiger partial charge in [0.15, 0.2) is 0 Å². The number of fused-ring (bicyclic) bond motifs is 3. The van der Waals surface area contributed by atoms with Gasteiger partial charge < -0.3 is 15.3 Å². The maximum Gasteiger partial charge on any atom is 0.260 e. The molecular formula is C27H36N6O2. The van der Waals surface area contributed by atoms with Crippen LogP contribution in [0.4, 0.5) is 5.95 Å². The van der Waals surface area contributed by atoms with Gasteiger partial charge in [0, 0.05) is 62.3 Å². The molecule has 2 N–H and O–H groups in total. The van der Waals surface area contributed by atoms with E-state index in [4.69, 9.17) is 4.98 Å². The van der Waals surface area contributed by atoms with Gasteiger partial charge >= 0.3 is 0 Å². The fourth-order valence-electron chi connectivity index (χ4n) is 5.64. The van der Waals surface area contributed by atoms with Crippen molar-refractivity contribution >= 4 is 27.8 Å². The first-order valence-corrected chi connectivity index (χ1v) is 13.2. The highest BCUT2D eigenvalue weighted by Crippen LogP contribution is 2.33. The molecule has 8 nitrogen and oxygen atoms in total. The molecule has 0 bridgehead atoms. The van der Waals surface area contributed by atoms with Gasteiger partial charge in [-0.15, -0.1) is 0 Å². The van der Waals surface area contributed by atoms with Crippen LogP contribution < -0.4 is 10.9 Å². The predicted octanol–water partition coefficient (Wildman–Crippen LogP) is 2.99. The van der Waals surface area contributed by atoms with Crippen molar-refractivity contribution in [2.45, 2.75) is 57.2 Å². The highest BCUT2D eigenvalue weighted by molar-refractivity contribution is 6.04. The van der Waals surface area contributed by atoms with Crippen LogP contribution in [0.2, 0.25) is 0 Å². The molecule has 1 saturated heterocycles. The zero-order valence-corrected chi connectivity index (χ0v) is 20.6. The summed E-state index contributed by atoms with van der Waals surface area (Å²) < 4.78 is 1.91. The minimum absolute atomic E-state index is 0.0287. The number of aliphatic hydroxyl groups is 1. The Balaban J connectivity index is 1.42. The molecule has 8 heteroatoms. The van der Waals surface area contributed by atoms with Gasteiger partial charge in [0.25, 0.3) is 5.56 Å². The third-order valence-corrected chi connectivity index (χ3v) is 8.10. The molecule has 3 fully saturated rings. The molecule has 186 valence electrons. The monoisotopic (exact) mass is 476 g/mol. The van der Waals surface area contributed by atoms with Gasteiger partial charge in [-0.1, -0.05) is 12.1 Å². The Kier molecular flexibility index (Phi) is 6.20. The van der Waals surface area contributed by atoms with Crippen molar-refractivity contribution in [1.29, 1.82) is 0 Å². The summed E-state index contributed by atoms with van der Waals surface area (Å²) in [5.74, 6) is 1.31. The number of pyridine rings is 1. The Morgan fingerprint density at radius 1 is 1.00 bits per heavy atom. The van der Waals surface area contributed by atoms with E-state index in [-0.39, 0.29) is 17.7 Å². The van der Waals surface area contributed by atoms with Crippen molar-refractivity contribution < 1.29 is 5.11 Å². The highest BCUT2D eigenvalue weighted by Gasteiger charge is 2.26. The van der Waals surface area contributed by atoms with Gasteiger partial charge in [-0.3, -0.25) is 14.3 Å². The molecule has 35 heavy (non-hydrogen) atoms. The first-order chi connectivity index (χ1) is 17.0. The number of hydrogen-bond donors (Lipinski definition) is 2. The van der Waals surface area contributed by atoms with Crippen molar-refractivity contribution in [1.82, 2.24) is 24.3 Å². The van der Waals surface area contributed by atoms with Crippen LogP contribution in [-0.2, 0) is 6.54 Å². The zero-order valence-electron chi connectivity index (χ0n) is 20.6. The third kappa shape index (κ3) is 4.79. The first-order valence-electron chi connectivity index (χ1n) is 13.2. The second-order valence-electron chi connectivity index (χ2n) is 10.9. The van der Waals surface area contributed by atoms with Crippen LogP contribution in [0.15, 0.2) is 29.2 Å². The Morgan fingerprint density at radius 2 is 1.77 bits per heavy atom. The van der Waals surface area contributed by atoms with E-state index in [0.29, 0.717) is 17.5 Å². The molecule has 0 unspecified atom stereocenters. The van der Waals surface area contributed by atoms with Gasteiger partial charge in [0.1, 0.15) is 5.65 Å². The quantitative estimate of drug-likeness (QED) is 0.529. The molecule has 3 aliphatic rings. The van der Waals surface area contributed by atoms with Gasteiger partial charge in [-0.2, -0.15) is 4.98 Å². The molecule has 0 spiro atoms. The Labute approximate surface area is 206 Å². The number of piperazine rings is 1. The Morgan fingerprint density at radius 3 is 2.51 bits per heavy atom. The number of rotatable bonds is 6. The van der Waals surface area contributed by atoms with E-state index in [2.05, 4.69) is 45.3 Å². The lowest BCUT2D eigenvalue weighted by Crippen LogP contribution is -2.43. The molecular weight excluding hydrogens is 440 g/mol. The topological polar surface area (TPSA) is 86.5 Å². The van der Waals surface area contributed by atoms with E-state index in [9.17, 15) is 9.90 Å². The van der Waals surface area contributed by atoms with E-state index in [1.807, 2.05) is 10.8 Å². The summed E-state index contributed by atoms with van der Waals surface area (Å²) in [4.78, 5) is 28.3. The second kappa shape index (κ2) is 9.48. The summed E-state index contributed by atoms with van der Waals surface area (Å²) >= 11 is 0. The van der Waals surface area contributed by atoms with Gasteiger partial charge in [-0.05, 0) is 68.5 Å². The van der Waals surface area contributed by atoms with Crippen LogP contribution in [-0.4, -0.2) is 75.3 Å². The van der Waals surface area contributed by atoms with E-state index in [1.54, 1.807) is 0 Å². The van der Waals surface area contributed by atoms with E-state index in [0.717, 1.165) is 81.1 Å². The summed E-state index contributed by atoms with van der Waals surface area (Å²) in [6, 6.07) is 6.37. The molecule has 0 radical (unpaired) electrons. The predicted molar refractivity (Wildman–Crippen MR) is 139 cm³/mol. The number of nitrogens with one attached hydrogen (secondary N) is 1. The zero-order chi connectivity index (χ0) is 23.9. The first kappa shape index (κ1) is 22.9. The Bertz CT molecular complexity index is 1270. The molecule has 3 aromatic rings. The number of benzene rings is 1. The molecule has 1 aromatic carbocycles. The highest BCUT2D eigenvalue weighted by atomic mass is 16.3. The van der Waals surface area contributed by atoms with Crippen LogP contribution >= 0.6 is 0 Å². The number of hydrogen-bond acceptors (Lipinski definition) is 7. The number of likely N-dealkylation sites (N-methyl/N-ethyl adjacent to an activating group) is 1. The molecule has 1 aliphatic heterocycles. The molecule has 0 atom stereocenters. The van der Waals surface area contributed by atoms with E-state index < -0.39 is 0 Å². The van der Waals surface area contributed by atoms with Crippen molar-refractivity contribution in [3.63, 3.8) is 0 Å². The van der Waals surface area contributed by atoms with Crippen LogP contribution in [0, 0.1) is 5.92 Å². The fourth-order valence-corrected chi connectivity index (χ4v) is 5.64. The van der Waals surface area contributed by atoms with Crippen molar-refractivity contribution in [2.75, 3.05) is 45.1 Å². The van der Waals surface area contributed by atoms with Crippen LogP contribution in [0.25, 0.3) is 21.8 Å². The minimum atomic E-state index is -0.269. The molecule has 6 rings (SSSR count). The SMILES string of the molecule is CN1CCN(Cc2ccc3c(c2)c(=O)n([C@H]2CC[C@H](O)CC2)c2nc(NCC4CC4)ncc32)CC1. The lowest BCUT2D eigenvalue weighted by molar-refractivity contribution is 0.111. The average Bonchev–Trinajstić information content (AvgIpc) is 3.70. The van der Waals surface area contributed by atoms with Crippen molar-refractivity contribution in [2.24, 2.45) is 5.92 Å². The Hall–Kier alpha value is -2.55. The molecule has 2 saturated carbocycles. The second-order valence-corrected chi connectivity index (χ2v) is 10.9. The maximum absolute atomic E-state index is 14.0. The standard InChI is InChI=1S/C27H36N6O2/c1-31-10-12-32(13-11-31)17-19-4-9-22-23(14-19)26(35)33(20-5-7-21(34)8-6-20)25-24(22)16-29-27(30-25)28-15-18-2-3-18/h4,9,14,16,18,20-21,34H,2-3,5-8,10-13,15,17H2,1H3,(H,28,29,30)/t20-,21-. The molecule has 0 amide bonds. The molecule has 2 aromatic heterocycles. The smallest absolute Gasteiger partial charge is 0.260 e. The number of anilines is 1. The number of aliphatic hydroxyl groups excluding tert-OH is 1.